The molecule has 0 aliphatic rings. The number of hydrogen-bond acceptors (Lipinski definition) is 3. The van der Waals surface area contributed by atoms with Gasteiger partial charge in [0.1, 0.15) is 5.65 Å². The minimum atomic E-state index is -4.43. The molecule has 3 aromatic rings. The van der Waals surface area contributed by atoms with Crippen molar-refractivity contribution in [2.24, 2.45) is 0 Å². The molecule has 1 aromatic carbocycles. The lowest BCUT2D eigenvalue weighted by molar-refractivity contribution is -0.137. The fourth-order valence-corrected chi connectivity index (χ4v) is 3.38. The predicted octanol–water partition coefficient (Wildman–Crippen LogP) is 2.87. The quantitative estimate of drug-likeness (QED) is 0.752. The maximum Gasteiger partial charge on any atom is 0.417 e. The van der Waals surface area contributed by atoms with E-state index in [-0.39, 0.29) is 17.9 Å². The number of benzene rings is 1. The van der Waals surface area contributed by atoms with Crippen LogP contribution in [0.1, 0.15) is 11.3 Å². The number of hydrogen-bond donors (Lipinski definition) is 1. The van der Waals surface area contributed by atoms with Gasteiger partial charge in [0.2, 0.25) is 10.0 Å². The number of halogens is 3. The zero-order chi connectivity index (χ0) is 18.1. The molecule has 5 nitrogen and oxygen atoms in total. The summed E-state index contributed by atoms with van der Waals surface area (Å²) in [6.45, 7) is 0.0905. The van der Waals surface area contributed by atoms with Crippen LogP contribution in [-0.2, 0) is 22.6 Å². The minimum absolute atomic E-state index is 0.0905. The first-order valence-corrected chi connectivity index (χ1v) is 8.83. The Kier molecular flexibility index (Phi) is 4.53. The average Bonchev–Trinajstić information content (AvgIpc) is 2.96. The van der Waals surface area contributed by atoms with Crippen molar-refractivity contribution in [1.82, 2.24) is 14.1 Å². The Balaban J connectivity index is 1.70. The molecule has 0 saturated carbocycles. The smallest absolute Gasteiger partial charge is 0.306 e. The normalized spacial score (nSPS) is 12.6. The van der Waals surface area contributed by atoms with Crippen LogP contribution in [0.2, 0.25) is 0 Å². The zero-order valence-corrected chi connectivity index (χ0v) is 13.7. The Morgan fingerprint density at radius 2 is 1.76 bits per heavy atom. The molecule has 0 amide bonds. The number of imidazole rings is 1. The van der Waals surface area contributed by atoms with E-state index in [1.54, 1.807) is 18.2 Å². The van der Waals surface area contributed by atoms with Gasteiger partial charge in [-0.3, -0.25) is 0 Å². The molecule has 0 bridgehead atoms. The molecule has 0 unspecified atom stereocenters. The van der Waals surface area contributed by atoms with Crippen LogP contribution >= 0.6 is 0 Å². The van der Waals surface area contributed by atoms with Gasteiger partial charge in [0, 0.05) is 25.4 Å². The predicted molar refractivity (Wildman–Crippen MR) is 85.5 cm³/mol. The van der Waals surface area contributed by atoms with E-state index >= 15 is 0 Å². The maximum absolute atomic E-state index is 12.7. The van der Waals surface area contributed by atoms with Gasteiger partial charge in [0.05, 0.1) is 16.2 Å². The monoisotopic (exact) mass is 369 g/mol. The largest absolute Gasteiger partial charge is 0.417 e. The molecule has 0 aliphatic carbocycles. The number of pyridine rings is 1. The molecule has 3 rings (SSSR count). The summed E-state index contributed by atoms with van der Waals surface area (Å²) in [4.78, 5) is 4.34. The molecule has 0 aliphatic heterocycles. The number of rotatable bonds is 5. The van der Waals surface area contributed by atoms with Crippen LogP contribution in [0.15, 0.2) is 59.8 Å². The second kappa shape index (κ2) is 6.49. The van der Waals surface area contributed by atoms with Crippen molar-refractivity contribution in [2.75, 3.05) is 6.54 Å². The van der Waals surface area contributed by atoms with Crippen LogP contribution in [0.4, 0.5) is 13.2 Å². The first-order chi connectivity index (χ1) is 11.8. The summed E-state index contributed by atoms with van der Waals surface area (Å²) in [6, 6.07) is 10.2. The minimum Gasteiger partial charge on any atom is -0.306 e. The molecular formula is C16H14F3N3O2S. The molecule has 0 radical (unpaired) electrons. The van der Waals surface area contributed by atoms with Gasteiger partial charge in [-0.2, -0.15) is 13.2 Å². The number of alkyl halides is 3. The summed E-state index contributed by atoms with van der Waals surface area (Å²) in [5, 5.41) is 0. The van der Waals surface area contributed by atoms with Crippen molar-refractivity contribution in [3.05, 3.63) is 66.1 Å². The van der Waals surface area contributed by atoms with Crippen molar-refractivity contribution in [2.45, 2.75) is 17.5 Å². The molecule has 25 heavy (non-hydrogen) atoms. The molecule has 0 spiro atoms. The summed E-state index contributed by atoms with van der Waals surface area (Å²) in [7, 11) is -3.62. The Morgan fingerprint density at radius 3 is 2.44 bits per heavy atom. The third kappa shape index (κ3) is 3.99. The van der Waals surface area contributed by atoms with Crippen LogP contribution in [-0.4, -0.2) is 24.3 Å². The van der Waals surface area contributed by atoms with Crippen molar-refractivity contribution < 1.29 is 21.6 Å². The Hall–Kier alpha value is -2.39. The van der Waals surface area contributed by atoms with Crippen molar-refractivity contribution in [3.8, 4) is 0 Å². The average molecular weight is 369 g/mol. The number of nitrogens with zero attached hydrogens (tertiary/aromatic N) is 2. The topological polar surface area (TPSA) is 63.5 Å². The highest BCUT2D eigenvalue weighted by molar-refractivity contribution is 7.89. The van der Waals surface area contributed by atoms with E-state index in [2.05, 4.69) is 9.71 Å². The SMILES string of the molecule is O=S(=O)(NCCc1cn2cc(C(F)(F)F)ccc2n1)c1ccccc1. The molecule has 1 N–H and O–H groups in total. The Morgan fingerprint density at radius 1 is 1.04 bits per heavy atom. The fraction of sp³-hybridized carbons (Fsp3) is 0.188. The Bertz CT molecular complexity index is 983. The summed E-state index contributed by atoms with van der Waals surface area (Å²) < 4.78 is 66.0. The van der Waals surface area contributed by atoms with Crippen molar-refractivity contribution in [1.29, 1.82) is 0 Å². The van der Waals surface area contributed by atoms with Crippen LogP contribution in [0.3, 0.4) is 0 Å². The van der Waals surface area contributed by atoms with Crippen LogP contribution in [0.25, 0.3) is 5.65 Å². The van der Waals surface area contributed by atoms with E-state index in [4.69, 9.17) is 0 Å². The number of nitrogens with one attached hydrogen (secondary N) is 1. The number of sulfonamides is 1. The first-order valence-electron chi connectivity index (χ1n) is 7.35. The van der Waals surface area contributed by atoms with Crippen LogP contribution < -0.4 is 4.72 Å². The lowest BCUT2D eigenvalue weighted by Gasteiger charge is -2.06. The molecule has 132 valence electrons. The third-order valence-corrected chi connectivity index (χ3v) is 5.03. The standard InChI is InChI=1S/C16H14F3N3O2S/c17-16(18,19)12-6-7-15-21-13(11-22(15)10-12)8-9-20-25(23,24)14-4-2-1-3-5-14/h1-7,10-11,20H,8-9H2. The van der Waals surface area contributed by atoms with E-state index in [9.17, 15) is 21.6 Å². The second-order valence-electron chi connectivity index (χ2n) is 5.37. The van der Waals surface area contributed by atoms with E-state index in [1.165, 1.54) is 28.8 Å². The van der Waals surface area contributed by atoms with Gasteiger partial charge in [0.15, 0.2) is 0 Å². The van der Waals surface area contributed by atoms with Crippen LogP contribution in [0, 0.1) is 0 Å². The lowest BCUT2D eigenvalue weighted by Crippen LogP contribution is -2.26. The highest BCUT2D eigenvalue weighted by atomic mass is 32.2. The molecule has 0 fully saturated rings. The molecule has 2 heterocycles. The lowest BCUT2D eigenvalue weighted by atomic mass is 10.3. The van der Waals surface area contributed by atoms with Crippen molar-refractivity contribution >= 4 is 15.7 Å². The summed E-state index contributed by atoms with van der Waals surface area (Å²) in [6.07, 6.45) is -1.75. The first kappa shape index (κ1) is 17.4. The molecule has 9 heteroatoms. The summed E-state index contributed by atoms with van der Waals surface area (Å²) in [5.74, 6) is 0. The maximum atomic E-state index is 12.7. The van der Waals surface area contributed by atoms with Gasteiger partial charge in [-0.15, -0.1) is 0 Å². The van der Waals surface area contributed by atoms with E-state index in [0.717, 1.165) is 12.3 Å². The van der Waals surface area contributed by atoms with Gasteiger partial charge in [-0.1, -0.05) is 18.2 Å². The van der Waals surface area contributed by atoms with Crippen molar-refractivity contribution in [3.63, 3.8) is 0 Å². The summed E-state index contributed by atoms with van der Waals surface area (Å²) in [5.41, 5.74) is 0.0951. The van der Waals surface area contributed by atoms with Gasteiger partial charge < -0.3 is 4.40 Å². The van der Waals surface area contributed by atoms with Gasteiger partial charge >= 0.3 is 6.18 Å². The highest BCUT2D eigenvalue weighted by Gasteiger charge is 2.30. The molecule has 0 saturated heterocycles. The third-order valence-electron chi connectivity index (χ3n) is 3.55. The Labute approximate surface area is 142 Å². The van der Waals surface area contributed by atoms with E-state index in [1.807, 2.05) is 0 Å². The molecule has 0 atom stereocenters. The zero-order valence-electron chi connectivity index (χ0n) is 12.9. The number of fused-ring (bicyclic) bond motifs is 1. The van der Waals surface area contributed by atoms with Gasteiger partial charge in [-0.05, 0) is 24.3 Å². The molecular weight excluding hydrogens is 355 g/mol. The number of aromatic nitrogens is 2. The van der Waals surface area contributed by atoms with E-state index in [0.29, 0.717) is 11.3 Å². The molecule has 2 aromatic heterocycles. The second-order valence-corrected chi connectivity index (χ2v) is 7.14. The van der Waals surface area contributed by atoms with Crippen LogP contribution in [0.5, 0.6) is 0 Å². The highest BCUT2D eigenvalue weighted by Crippen LogP contribution is 2.29. The van der Waals surface area contributed by atoms with Gasteiger partial charge in [0.25, 0.3) is 0 Å². The van der Waals surface area contributed by atoms with Gasteiger partial charge in [-0.25, -0.2) is 18.1 Å². The fourth-order valence-electron chi connectivity index (χ4n) is 2.33. The van der Waals surface area contributed by atoms with E-state index < -0.39 is 21.8 Å². The summed E-state index contributed by atoms with van der Waals surface area (Å²) >= 11 is 0.